The first-order chi connectivity index (χ1) is 13.0. The predicted octanol–water partition coefficient (Wildman–Crippen LogP) is 2.69. The van der Waals surface area contributed by atoms with Crippen LogP contribution in [0.5, 0.6) is 11.5 Å². The van der Waals surface area contributed by atoms with E-state index in [4.69, 9.17) is 9.47 Å². The molecule has 2 aromatic rings. The van der Waals surface area contributed by atoms with Crippen molar-refractivity contribution in [3.05, 3.63) is 53.6 Å². The van der Waals surface area contributed by atoms with E-state index < -0.39 is 6.04 Å². The molecule has 1 aliphatic heterocycles. The van der Waals surface area contributed by atoms with Gasteiger partial charge in [0.2, 0.25) is 11.8 Å². The number of carbonyl (C=O) groups excluding carboxylic acids is 2. The molecule has 0 unspecified atom stereocenters. The van der Waals surface area contributed by atoms with Crippen molar-refractivity contribution in [3.63, 3.8) is 0 Å². The summed E-state index contributed by atoms with van der Waals surface area (Å²) >= 11 is 0. The zero-order valence-corrected chi connectivity index (χ0v) is 15.8. The lowest BCUT2D eigenvalue weighted by Crippen LogP contribution is -2.47. The normalized spacial score (nSPS) is 15.2. The summed E-state index contributed by atoms with van der Waals surface area (Å²) in [5, 5.41) is 2.94. The largest absolute Gasteiger partial charge is 0.493 e. The van der Waals surface area contributed by atoms with Gasteiger partial charge in [-0.1, -0.05) is 24.3 Å². The van der Waals surface area contributed by atoms with Crippen LogP contribution in [0.2, 0.25) is 0 Å². The molecule has 27 heavy (non-hydrogen) atoms. The fourth-order valence-corrected chi connectivity index (χ4v) is 3.39. The topological polar surface area (TPSA) is 67.9 Å². The lowest BCUT2D eigenvalue weighted by Gasteiger charge is -2.23. The van der Waals surface area contributed by atoms with Crippen LogP contribution in [0, 0.1) is 0 Å². The molecule has 1 heterocycles. The smallest absolute Gasteiger partial charge is 0.243 e. The van der Waals surface area contributed by atoms with Crippen LogP contribution in [0.25, 0.3) is 0 Å². The van der Waals surface area contributed by atoms with Gasteiger partial charge in [-0.2, -0.15) is 0 Å². The minimum Gasteiger partial charge on any atom is -0.493 e. The summed E-state index contributed by atoms with van der Waals surface area (Å²) in [6.45, 7) is 4.27. The van der Waals surface area contributed by atoms with Crippen molar-refractivity contribution in [2.75, 3.05) is 18.6 Å². The molecule has 0 radical (unpaired) electrons. The van der Waals surface area contributed by atoms with E-state index in [1.807, 2.05) is 49.4 Å². The van der Waals surface area contributed by atoms with Gasteiger partial charge in [0.15, 0.2) is 11.5 Å². The van der Waals surface area contributed by atoms with E-state index in [0.29, 0.717) is 31.1 Å². The van der Waals surface area contributed by atoms with Gasteiger partial charge < -0.3 is 14.8 Å². The Morgan fingerprint density at radius 2 is 1.96 bits per heavy atom. The second-order valence-electron chi connectivity index (χ2n) is 6.37. The van der Waals surface area contributed by atoms with Crippen LogP contribution >= 0.6 is 0 Å². The van der Waals surface area contributed by atoms with E-state index in [1.165, 1.54) is 6.92 Å². The van der Waals surface area contributed by atoms with Crippen molar-refractivity contribution in [1.82, 2.24) is 5.32 Å². The highest BCUT2D eigenvalue weighted by atomic mass is 16.5. The minimum atomic E-state index is -0.524. The van der Waals surface area contributed by atoms with Gasteiger partial charge in [0.25, 0.3) is 0 Å². The number of methoxy groups -OCH3 is 1. The number of fused-ring (bicyclic) bond motifs is 1. The van der Waals surface area contributed by atoms with Gasteiger partial charge in [-0.3, -0.25) is 14.5 Å². The third-order valence-electron chi connectivity index (χ3n) is 4.61. The monoisotopic (exact) mass is 368 g/mol. The van der Waals surface area contributed by atoms with Gasteiger partial charge in [0.1, 0.15) is 6.04 Å². The van der Waals surface area contributed by atoms with Gasteiger partial charge in [-0.25, -0.2) is 0 Å². The van der Waals surface area contributed by atoms with Gasteiger partial charge >= 0.3 is 0 Å². The van der Waals surface area contributed by atoms with Crippen LogP contribution in [0.4, 0.5) is 5.69 Å². The van der Waals surface area contributed by atoms with E-state index >= 15 is 0 Å². The van der Waals surface area contributed by atoms with Crippen molar-refractivity contribution in [1.29, 1.82) is 0 Å². The van der Waals surface area contributed by atoms with E-state index in [9.17, 15) is 9.59 Å². The average molecular weight is 368 g/mol. The van der Waals surface area contributed by atoms with Crippen molar-refractivity contribution in [3.8, 4) is 11.5 Å². The van der Waals surface area contributed by atoms with Crippen LogP contribution in [0.3, 0.4) is 0 Å². The molecule has 0 aromatic heterocycles. The fraction of sp³-hybridized carbons (Fsp3) is 0.333. The number of amides is 2. The van der Waals surface area contributed by atoms with Crippen LogP contribution in [-0.4, -0.2) is 31.6 Å². The summed E-state index contributed by atoms with van der Waals surface area (Å²) in [5.74, 6) is 0.990. The lowest BCUT2D eigenvalue weighted by molar-refractivity contribution is -0.125. The van der Waals surface area contributed by atoms with Crippen LogP contribution in [0.1, 0.15) is 25.0 Å². The van der Waals surface area contributed by atoms with Crippen molar-refractivity contribution in [2.24, 2.45) is 0 Å². The first-order valence-corrected chi connectivity index (χ1v) is 9.00. The van der Waals surface area contributed by atoms with Crippen LogP contribution < -0.4 is 19.7 Å². The van der Waals surface area contributed by atoms with Gasteiger partial charge in [-0.15, -0.1) is 0 Å². The number of rotatable bonds is 6. The van der Waals surface area contributed by atoms with E-state index in [2.05, 4.69) is 5.32 Å². The number of ether oxygens (including phenoxy) is 2. The molecule has 1 N–H and O–H groups in total. The number of hydrogen-bond acceptors (Lipinski definition) is 4. The van der Waals surface area contributed by atoms with Crippen LogP contribution in [0.15, 0.2) is 42.5 Å². The number of nitrogens with zero attached hydrogens (tertiary/aromatic N) is 1. The summed E-state index contributed by atoms with van der Waals surface area (Å²) in [6.07, 6.45) is 0.522. The molecular formula is C21H24N2O4. The second kappa shape index (κ2) is 8.12. The fourth-order valence-electron chi connectivity index (χ4n) is 3.39. The number of para-hydroxylation sites is 1. The highest BCUT2D eigenvalue weighted by Gasteiger charge is 2.36. The van der Waals surface area contributed by atoms with E-state index in [-0.39, 0.29) is 11.8 Å². The molecule has 2 aromatic carbocycles. The quantitative estimate of drug-likeness (QED) is 0.851. The SMILES string of the molecule is CCOc1cc(CNC(=O)[C@@H]2Cc3ccccc3N2C(C)=O)ccc1OC. The lowest BCUT2D eigenvalue weighted by atomic mass is 10.1. The maximum Gasteiger partial charge on any atom is 0.243 e. The third kappa shape index (κ3) is 3.89. The Hall–Kier alpha value is -3.02. The Balaban J connectivity index is 1.71. The first-order valence-electron chi connectivity index (χ1n) is 9.00. The zero-order chi connectivity index (χ0) is 19.4. The molecule has 0 saturated heterocycles. The van der Waals surface area contributed by atoms with E-state index in [0.717, 1.165) is 16.8 Å². The highest BCUT2D eigenvalue weighted by Crippen LogP contribution is 2.32. The number of benzene rings is 2. The summed E-state index contributed by atoms with van der Waals surface area (Å²) < 4.78 is 10.9. The summed E-state index contributed by atoms with van der Waals surface area (Å²) in [5.41, 5.74) is 2.72. The van der Waals surface area contributed by atoms with Crippen molar-refractivity contribution >= 4 is 17.5 Å². The number of hydrogen-bond donors (Lipinski definition) is 1. The molecule has 0 spiro atoms. The molecule has 6 heteroatoms. The molecule has 142 valence electrons. The highest BCUT2D eigenvalue weighted by molar-refractivity contribution is 6.02. The molecular weight excluding hydrogens is 344 g/mol. The standard InChI is InChI=1S/C21H24N2O4/c1-4-27-20-11-15(9-10-19(20)26-3)13-22-21(25)18-12-16-7-5-6-8-17(16)23(18)14(2)24/h5-11,18H,4,12-13H2,1-3H3,(H,22,25)/t18-/m0/s1. The van der Waals surface area contributed by atoms with E-state index in [1.54, 1.807) is 12.0 Å². The Morgan fingerprint density at radius 1 is 1.19 bits per heavy atom. The summed E-state index contributed by atoms with van der Waals surface area (Å²) in [4.78, 5) is 26.4. The molecule has 1 atom stereocenters. The maximum atomic E-state index is 12.8. The minimum absolute atomic E-state index is 0.136. The molecule has 6 nitrogen and oxygen atoms in total. The van der Waals surface area contributed by atoms with Crippen LogP contribution in [-0.2, 0) is 22.6 Å². The molecule has 2 amide bonds. The Bertz CT molecular complexity index is 850. The predicted molar refractivity (Wildman–Crippen MR) is 103 cm³/mol. The molecule has 1 aliphatic rings. The zero-order valence-electron chi connectivity index (χ0n) is 15.8. The molecule has 0 aliphatic carbocycles. The average Bonchev–Trinajstić information content (AvgIpc) is 3.06. The third-order valence-corrected chi connectivity index (χ3v) is 4.61. The first kappa shape index (κ1) is 18.8. The Kier molecular flexibility index (Phi) is 5.64. The molecule has 0 fully saturated rings. The van der Waals surface area contributed by atoms with Crippen molar-refractivity contribution in [2.45, 2.75) is 32.9 Å². The molecule has 0 saturated carbocycles. The van der Waals surface area contributed by atoms with Gasteiger partial charge in [-0.05, 0) is 36.2 Å². The van der Waals surface area contributed by atoms with Gasteiger partial charge in [0, 0.05) is 25.6 Å². The molecule has 3 rings (SSSR count). The summed E-state index contributed by atoms with van der Waals surface area (Å²) in [7, 11) is 1.59. The molecule has 0 bridgehead atoms. The summed E-state index contributed by atoms with van der Waals surface area (Å²) in [6, 6.07) is 12.7. The number of anilines is 1. The van der Waals surface area contributed by atoms with Gasteiger partial charge in [0.05, 0.1) is 13.7 Å². The van der Waals surface area contributed by atoms with Crippen molar-refractivity contribution < 1.29 is 19.1 Å². The Morgan fingerprint density at radius 3 is 2.67 bits per heavy atom. The number of nitrogens with one attached hydrogen (secondary N) is 1. The number of carbonyl (C=O) groups is 2. The maximum absolute atomic E-state index is 12.8. The second-order valence-corrected chi connectivity index (χ2v) is 6.37. The Labute approximate surface area is 159 Å².